The van der Waals surface area contributed by atoms with Gasteiger partial charge in [-0.05, 0) is 24.6 Å². The van der Waals surface area contributed by atoms with Gasteiger partial charge in [0.1, 0.15) is 5.65 Å². The molecule has 0 aliphatic heterocycles. The highest BCUT2D eigenvalue weighted by Gasteiger charge is 2.05. The highest BCUT2D eigenvalue weighted by atomic mass is 35.5. The number of rotatable bonds is 2. The number of nitrogens with zero attached hydrogens (tertiary/aromatic N) is 1. The molecular weight excluding hydrogens is 233 g/mol. The number of nitrogens with one attached hydrogen (secondary N) is 1. The quantitative estimate of drug-likeness (QED) is 0.858. The van der Waals surface area contributed by atoms with E-state index in [1.165, 1.54) is 0 Å². The van der Waals surface area contributed by atoms with Crippen LogP contribution in [0.25, 0.3) is 11.0 Å². The number of halogens is 2. The Morgan fingerprint density at radius 3 is 2.73 bits per heavy atom. The second-order valence-corrected chi connectivity index (χ2v) is 3.17. The van der Waals surface area contributed by atoms with E-state index >= 15 is 0 Å². The van der Waals surface area contributed by atoms with Crippen molar-refractivity contribution < 1.29 is 0 Å². The summed E-state index contributed by atoms with van der Waals surface area (Å²) in [5, 5.41) is 1.13. The van der Waals surface area contributed by atoms with E-state index < -0.39 is 0 Å². The molecule has 0 aliphatic rings. The number of hydrogen-bond acceptors (Lipinski definition) is 2. The monoisotopic (exact) mass is 247 g/mol. The summed E-state index contributed by atoms with van der Waals surface area (Å²) in [6, 6.07) is 6.09. The minimum atomic E-state index is 0. The zero-order valence-electron chi connectivity index (χ0n) is 8.43. The largest absolute Gasteiger partial charge is 0.346 e. The lowest BCUT2D eigenvalue weighted by atomic mass is 10.1. The maximum atomic E-state index is 5.88. The smallest absolute Gasteiger partial charge is 0.137 e. The van der Waals surface area contributed by atoms with Crippen LogP contribution in [-0.2, 0) is 0 Å². The minimum absolute atomic E-state index is 0. The minimum Gasteiger partial charge on any atom is -0.346 e. The lowest BCUT2D eigenvalue weighted by Crippen LogP contribution is -2.10. The number of aromatic amines is 1. The zero-order valence-corrected chi connectivity index (χ0v) is 10.1. The summed E-state index contributed by atoms with van der Waals surface area (Å²) in [5.41, 5.74) is 7.75. The van der Waals surface area contributed by atoms with E-state index in [1.807, 2.05) is 24.4 Å². The first-order valence-electron chi connectivity index (χ1n) is 4.51. The van der Waals surface area contributed by atoms with Gasteiger partial charge in [0.2, 0.25) is 0 Å². The van der Waals surface area contributed by atoms with E-state index in [1.54, 1.807) is 0 Å². The second-order valence-electron chi connectivity index (χ2n) is 3.17. The van der Waals surface area contributed by atoms with Crippen molar-refractivity contribution in [1.82, 2.24) is 9.97 Å². The molecule has 0 saturated carbocycles. The summed E-state index contributed by atoms with van der Waals surface area (Å²) in [6.45, 7) is 2.06. The van der Waals surface area contributed by atoms with Gasteiger partial charge in [-0.3, -0.25) is 0 Å². The van der Waals surface area contributed by atoms with Gasteiger partial charge in [-0.1, -0.05) is 6.92 Å². The van der Waals surface area contributed by atoms with Crippen molar-refractivity contribution in [3.63, 3.8) is 0 Å². The average molecular weight is 248 g/mol. The molecule has 0 aromatic carbocycles. The fourth-order valence-corrected chi connectivity index (χ4v) is 1.36. The number of fused-ring (bicyclic) bond motifs is 1. The fraction of sp³-hybridized carbons (Fsp3) is 0.300. The Morgan fingerprint density at radius 2 is 2.07 bits per heavy atom. The van der Waals surface area contributed by atoms with Crippen molar-refractivity contribution in [3.8, 4) is 0 Å². The molecule has 0 saturated heterocycles. The predicted molar refractivity (Wildman–Crippen MR) is 67.8 cm³/mol. The molecule has 2 aromatic heterocycles. The number of pyridine rings is 1. The van der Waals surface area contributed by atoms with Crippen LogP contribution in [-0.4, -0.2) is 9.97 Å². The molecule has 0 aliphatic carbocycles. The molecule has 15 heavy (non-hydrogen) atoms. The van der Waals surface area contributed by atoms with Crippen LogP contribution in [0.4, 0.5) is 0 Å². The first kappa shape index (κ1) is 14.2. The highest BCUT2D eigenvalue weighted by molar-refractivity contribution is 5.85. The van der Waals surface area contributed by atoms with Gasteiger partial charge >= 0.3 is 0 Å². The van der Waals surface area contributed by atoms with Gasteiger partial charge in [-0.15, -0.1) is 24.8 Å². The van der Waals surface area contributed by atoms with Crippen LogP contribution < -0.4 is 5.73 Å². The summed E-state index contributed by atoms with van der Waals surface area (Å²) in [5.74, 6) is 0. The van der Waals surface area contributed by atoms with Crippen molar-refractivity contribution in [3.05, 3.63) is 30.1 Å². The number of hydrogen-bond donors (Lipinski definition) is 2. The molecule has 0 amide bonds. The first-order chi connectivity index (χ1) is 6.31. The van der Waals surface area contributed by atoms with Gasteiger partial charge in [0.15, 0.2) is 0 Å². The van der Waals surface area contributed by atoms with Crippen LogP contribution in [0.3, 0.4) is 0 Å². The standard InChI is InChI=1S/C10H13N3.2ClH/c1-2-8(11)9-4-3-7-5-6-12-10(7)13-9;;/h3-6,8H,2,11H2,1H3,(H,12,13);2*1H. The molecule has 5 heteroatoms. The summed E-state index contributed by atoms with van der Waals surface area (Å²) >= 11 is 0. The lowest BCUT2D eigenvalue weighted by molar-refractivity contribution is 0.678. The van der Waals surface area contributed by atoms with Gasteiger partial charge in [0.05, 0.1) is 5.69 Å². The molecule has 2 aromatic rings. The molecule has 3 N–H and O–H groups in total. The van der Waals surface area contributed by atoms with Gasteiger partial charge in [0.25, 0.3) is 0 Å². The van der Waals surface area contributed by atoms with E-state index in [4.69, 9.17) is 5.73 Å². The van der Waals surface area contributed by atoms with Crippen LogP contribution in [0.5, 0.6) is 0 Å². The molecule has 0 spiro atoms. The lowest BCUT2D eigenvalue weighted by Gasteiger charge is -2.06. The maximum Gasteiger partial charge on any atom is 0.137 e. The van der Waals surface area contributed by atoms with Crippen LogP contribution >= 0.6 is 24.8 Å². The molecule has 0 bridgehead atoms. The summed E-state index contributed by atoms with van der Waals surface area (Å²) in [7, 11) is 0. The molecule has 84 valence electrons. The Morgan fingerprint density at radius 1 is 1.33 bits per heavy atom. The van der Waals surface area contributed by atoms with Gasteiger partial charge < -0.3 is 10.7 Å². The average Bonchev–Trinajstić information content (AvgIpc) is 2.63. The number of nitrogens with two attached hydrogens (primary N) is 1. The third-order valence-corrected chi connectivity index (χ3v) is 2.25. The Labute approximate surface area is 101 Å². The molecule has 3 nitrogen and oxygen atoms in total. The Hall–Kier alpha value is -0.770. The number of aromatic nitrogens is 2. The van der Waals surface area contributed by atoms with Crippen molar-refractivity contribution >= 4 is 35.8 Å². The van der Waals surface area contributed by atoms with E-state index in [-0.39, 0.29) is 30.9 Å². The molecule has 0 radical (unpaired) electrons. The van der Waals surface area contributed by atoms with E-state index in [0.717, 1.165) is 23.1 Å². The summed E-state index contributed by atoms with van der Waals surface area (Å²) in [4.78, 5) is 7.50. The van der Waals surface area contributed by atoms with Gasteiger partial charge in [-0.2, -0.15) is 0 Å². The second kappa shape index (κ2) is 5.95. The van der Waals surface area contributed by atoms with Crippen molar-refractivity contribution in [2.24, 2.45) is 5.73 Å². The molecular formula is C10H15Cl2N3. The highest BCUT2D eigenvalue weighted by Crippen LogP contribution is 2.15. The fourth-order valence-electron chi connectivity index (χ4n) is 1.36. The topological polar surface area (TPSA) is 54.7 Å². The molecule has 1 unspecified atom stereocenters. The third kappa shape index (κ3) is 2.84. The molecule has 1 atom stereocenters. The van der Waals surface area contributed by atoms with Crippen LogP contribution in [0.2, 0.25) is 0 Å². The zero-order chi connectivity index (χ0) is 9.26. The van der Waals surface area contributed by atoms with E-state index in [9.17, 15) is 0 Å². The van der Waals surface area contributed by atoms with Crippen molar-refractivity contribution in [2.75, 3.05) is 0 Å². The van der Waals surface area contributed by atoms with Crippen LogP contribution in [0.15, 0.2) is 24.4 Å². The van der Waals surface area contributed by atoms with Crippen LogP contribution in [0, 0.1) is 0 Å². The molecule has 2 rings (SSSR count). The molecule has 2 heterocycles. The van der Waals surface area contributed by atoms with Crippen LogP contribution in [0.1, 0.15) is 25.1 Å². The SMILES string of the molecule is CCC(N)c1ccc2cc[nH]c2n1.Cl.Cl. The molecule has 0 fully saturated rings. The summed E-state index contributed by atoms with van der Waals surface area (Å²) in [6.07, 6.45) is 2.80. The van der Waals surface area contributed by atoms with Gasteiger partial charge in [-0.25, -0.2) is 4.98 Å². The Kier molecular flexibility index (Phi) is 5.65. The van der Waals surface area contributed by atoms with E-state index in [2.05, 4.69) is 16.9 Å². The van der Waals surface area contributed by atoms with Crippen molar-refractivity contribution in [1.29, 1.82) is 0 Å². The maximum absolute atomic E-state index is 5.88. The number of H-pyrrole nitrogens is 1. The Bertz CT molecular complexity index is 414. The summed E-state index contributed by atoms with van der Waals surface area (Å²) < 4.78 is 0. The predicted octanol–water partition coefficient (Wildman–Crippen LogP) is 2.82. The van der Waals surface area contributed by atoms with Gasteiger partial charge in [0, 0.05) is 17.6 Å². The van der Waals surface area contributed by atoms with Crippen molar-refractivity contribution in [2.45, 2.75) is 19.4 Å². The first-order valence-corrected chi connectivity index (χ1v) is 4.51. The Balaban J connectivity index is 0.000000980. The normalized spacial score (nSPS) is 11.6. The third-order valence-electron chi connectivity index (χ3n) is 2.25. The van der Waals surface area contributed by atoms with E-state index in [0.29, 0.717) is 0 Å².